The van der Waals surface area contributed by atoms with E-state index in [1.165, 1.54) is 45.2 Å². The Kier molecular flexibility index (Phi) is 3.85. The summed E-state index contributed by atoms with van der Waals surface area (Å²) in [5.74, 6) is 0.330. The zero-order chi connectivity index (χ0) is 11.5. The molecule has 2 rings (SSSR count). The normalized spacial score (nSPS) is 31.2. The summed E-state index contributed by atoms with van der Waals surface area (Å²) in [4.78, 5) is 14.3. The molecular formula is C13H24N2O. The van der Waals surface area contributed by atoms with Crippen LogP contribution in [-0.4, -0.2) is 36.0 Å². The Hall–Kier alpha value is -0.570. The van der Waals surface area contributed by atoms with Crippen LogP contribution in [0.4, 0.5) is 0 Å². The molecule has 0 aliphatic carbocycles. The van der Waals surface area contributed by atoms with Crippen LogP contribution in [0.25, 0.3) is 0 Å². The molecule has 92 valence electrons. The van der Waals surface area contributed by atoms with Crippen LogP contribution in [-0.2, 0) is 4.79 Å². The molecule has 0 radical (unpaired) electrons. The molecule has 0 aromatic rings. The first-order valence-electron chi connectivity index (χ1n) is 6.73. The van der Waals surface area contributed by atoms with Crippen LogP contribution in [0.15, 0.2) is 0 Å². The van der Waals surface area contributed by atoms with Crippen molar-refractivity contribution >= 4 is 5.91 Å². The first-order valence-corrected chi connectivity index (χ1v) is 6.73. The molecule has 0 bridgehead atoms. The second-order valence-electron chi connectivity index (χ2n) is 5.51. The van der Waals surface area contributed by atoms with E-state index in [0.717, 1.165) is 0 Å². The van der Waals surface area contributed by atoms with Crippen molar-refractivity contribution in [1.82, 2.24) is 10.2 Å². The molecule has 2 fully saturated rings. The zero-order valence-electron chi connectivity index (χ0n) is 10.5. The highest BCUT2D eigenvalue weighted by atomic mass is 16.1. The van der Waals surface area contributed by atoms with Crippen molar-refractivity contribution in [2.24, 2.45) is 5.92 Å². The van der Waals surface area contributed by atoms with E-state index in [4.69, 9.17) is 0 Å². The van der Waals surface area contributed by atoms with Crippen LogP contribution < -0.4 is 5.32 Å². The second-order valence-corrected chi connectivity index (χ2v) is 5.51. The van der Waals surface area contributed by atoms with Gasteiger partial charge in [0.05, 0.1) is 0 Å². The summed E-state index contributed by atoms with van der Waals surface area (Å²) < 4.78 is 0. The first-order chi connectivity index (χ1) is 7.68. The lowest BCUT2D eigenvalue weighted by Crippen LogP contribution is -2.57. The van der Waals surface area contributed by atoms with Gasteiger partial charge in [0, 0.05) is 18.0 Å². The summed E-state index contributed by atoms with van der Waals surface area (Å²) >= 11 is 0. The van der Waals surface area contributed by atoms with Crippen molar-refractivity contribution in [3.8, 4) is 0 Å². The molecule has 2 heterocycles. The molecule has 3 nitrogen and oxygen atoms in total. The smallest absolute Gasteiger partial charge is 0.222 e. The quantitative estimate of drug-likeness (QED) is 0.775. The number of carbonyl (C=O) groups is 1. The van der Waals surface area contributed by atoms with Gasteiger partial charge in [0.25, 0.3) is 0 Å². The molecule has 0 spiro atoms. The molecule has 16 heavy (non-hydrogen) atoms. The summed E-state index contributed by atoms with van der Waals surface area (Å²) in [6.45, 7) is 6.41. The van der Waals surface area contributed by atoms with Crippen LogP contribution in [0, 0.1) is 5.92 Å². The maximum absolute atomic E-state index is 11.8. The molecule has 0 unspecified atom stereocenters. The van der Waals surface area contributed by atoms with Gasteiger partial charge in [-0.15, -0.1) is 0 Å². The van der Waals surface area contributed by atoms with Gasteiger partial charge in [0.15, 0.2) is 0 Å². The van der Waals surface area contributed by atoms with Gasteiger partial charge >= 0.3 is 0 Å². The van der Waals surface area contributed by atoms with Crippen LogP contribution in [0.1, 0.15) is 46.0 Å². The van der Waals surface area contributed by atoms with Crippen molar-refractivity contribution in [2.45, 2.75) is 58.0 Å². The predicted octanol–water partition coefficient (Wildman–Crippen LogP) is 1.78. The lowest BCUT2D eigenvalue weighted by molar-refractivity contribution is -0.125. The lowest BCUT2D eigenvalue weighted by Gasteiger charge is -2.44. The molecule has 2 aliphatic heterocycles. The van der Waals surface area contributed by atoms with Gasteiger partial charge in [-0.3, -0.25) is 9.69 Å². The minimum Gasteiger partial charge on any atom is -0.352 e. The third-order valence-corrected chi connectivity index (χ3v) is 3.94. The Labute approximate surface area is 98.6 Å². The van der Waals surface area contributed by atoms with Crippen LogP contribution in [0.5, 0.6) is 0 Å². The molecule has 1 amide bonds. The van der Waals surface area contributed by atoms with Crippen molar-refractivity contribution in [2.75, 3.05) is 13.1 Å². The summed E-state index contributed by atoms with van der Waals surface area (Å²) in [6, 6.07) is 1.02. The van der Waals surface area contributed by atoms with E-state index in [1.807, 2.05) is 13.8 Å². The Morgan fingerprint density at radius 1 is 1.19 bits per heavy atom. The summed E-state index contributed by atoms with van der Waals surface area (Å²) in [6.07, 6.45) is 6.33. The number of fused-ring (bicyclic) bond motifs is 1. The maximum atomic E-state index is 11.8. The Balaban J connectivity index is 1.94. The highest BCUT2D eigenvalue weighted by molar-refractivity contribution is 5.78. The van der Waals surface area contributed by atoms with Crippen molar-refractivity contribution in [3.05, 3.63) is 0 Å². The average molecular weight is 224 g/mol. The van der Waals surface area contributed by atoms with Crippen LogP contribution >= 0.6 is 0 Å². The van der Waals surface area contributed by atoms with Crippen LogP contribution in [0.2, 0.25) is 0 Å². The van der Waals surface area contributed by atoms with E-state index in [9.17, 15) is 4.79 Å². The molecule has 0 aromatic carbocycles. The van der Waals surface area contributed by atoms with E-state index >= 15 is 0 Å². The third kappa shape index (κ3) is 2.57. The largest absolute Gasteiger partial charge is 0.352 e. The SMILES string of the molecule is CC(C)C(=O)N[C@@H]1CCCN2CCCC[C@@H]12. The molecule has 2 atom stereocenters. The highest BCUT2D eigenvalue weighted by Crippen LogP contribution is 2.26. The zero-order valence-corrected chi connectivity index (χ0v) is 10.5. The Bertz CT molecular complexity index is 250. The minimum absolute atomic E-state index is 0.110. The van der Waals surface area contributed by atoms with Gasteiger partial charge in [-0.25, -0.2) is 0 Å². The van der Waals surface area contributed by atoms with Crippen molar-refractivity contribution < 1.29 is 4.79 Å². The topological polar surface area (TPSA) is 32.3 Å². The van der Waals surface area contributed by atoms with E-state index in [-0.39, 0.29) is 11.8 Å². The lowest BCUT2D eigenvalue weighted by atomic mass is 9.88. The van der Waals surface area contributed by atoms with Gasteiger partial charge in [0.2, 0.25) is 5.91 Å². The van der Waals surface area contributed by atoms with Crippen molar-refractivity contribution in [3.63, 3.8) is 0 Å². The summed E-state index contributed by atoms with van der Waals surface area (Å²) in [7, 11) is 0. The molecule has 2 saturated heterocycles. The van der Waals surface area contributed by atoms with E-state index in [0.29, 0.717) is 12.1 Å². The van der Waals surface area contributed by atoms with Gasteiger partial charge in [-0.1, -0.05) is 20.3 Å². The fourth-order valence-corrected chi connectivity index (χ4v) is 2.97. The second kappa shape index (κ2) is 5.17. The highest BCUT2D eigenvalue weighted by Gasteiger charge is 2.33. The number of rotatable bonds is 2. The van der Waals surface area contributed by atoms with Gasteiger partial charge in [-0.2, -0.15) is 0 Å². The van der Waals surface area contributed by atoms with Gasteiger partial charge in [-0.05, 0) is 38.8 Å². The number of carbonyl (C=O) groups excluding carboxylic acids is 1. The summed E-state index contributed by atoms with van der Waals surface area (Å²) in [5.41, 5.74) is 0. The minimum atomic E-state index is 0.110. The van der Waals surface area contributed by atoms with E-state index < -0.39 is 0 Å². The Morgan fingerprint density at radius 2 is 1.94 bits per heavy atom. The molecule has 3 heteroatoms. The standard InChI is InChI=1S/C13H24N2O/c1-10(2)13(16)14-11-6-5-9-15-8-4-3-7-12(11)15/h10-12H,3-9H2,1-2H3,(H,14,16)/t11-,12+/m1/s1. The van der Waals surface area contributed by atoms with Gasteiger partial charge < -0.3 is 5.32 Å². The molecule has 1 N–H and O–H groups in total. The number of nitrogens with zero attached hydrogens (tertiary/aromatic N) is 1. The fraction of sp³-hybridized carbons (Fsp3) is 0.923. The first kappa shape index (κ1) is 11.9. The maximum Gasteiger partial charge on any atom is 0.222 e. The molecular weight excluding hydrogens is 200 g/mol. The van der Waals surface area contributed by atoms with E-state index in [2.05, 4.69) is 10.2 Å². The predicted molar refractivity (Wildman–Crippen MR) is 65.2 cm³/mol. The number of hydrogen-bond acceptors (Lipinski definition) is 2. The molecule has 0 saturated carbocycles. The fourth-order valence-electron chi connectivity index (χ4n) is 2.97. The number of nitrogens with one attached hydrogen (secondary N) is 1. The third-order valence-electron chi connectivity index (χ3n) is 3.94. The number of piperidine rings is 2. The average Bonchev–Trinajstić information content (AvgIpc) is 2.29. The number of amides is 1. The summed E-state index contributed by atoms with van der Waals surface area (Å²) in [5, 5.41) is 3.24. The van der Waals surface area contributed by atoms with Gasteiger partial charge in [0.1, 0.15) is 0 Å². The molecule has 2 aliphatic rings. The Morgan fingerprint density at radius 3 is 2.69 bits per heavy atom. The molecule has 0 aromatic heterocycles. The van der Waals surface area contributed by atoms with Crippen molar-refractivity contribution in [1.29, 1.82) is 0 Å². The van der Waals surface area contributed by atoms with Crippen LogP contribution in [0.3, 0.4) is 0 Å². The number of hydrogen-bond donors (Lipinski definition) is 1. The monoisotopic (exact) mass is 224 g/mol. The van der Waals surface area contributed by atoms with E-state index in [1.54, 1.807) is 0 Å².